The molecule has 4 aliphatic carbocycles. The first-order valence-corrected chi connectivity index (χ1v) is 11.5. The molecule has 2 aliphatic heterocycles. The Bertz CT molecular complexity index is 794. The van der Waals surface area contributed by atoms with Gasteiger partial charge in [0.2, 0.25) is 0 Å². The van der Waals surface area contributed by atoms with Gasteiger partial charge in [0, 0.05) is 0 Å². The summed E-state index contributed by atoms with van der Waals surface area (Å²) in [5, 5.41) is 0. The number of carbonyl (C=O) groups is 4. The van der Waals surface area contributed by atoms with E-state index >= 15 is 0 Å². The Kier molecular flexibility index (Phi) is 4.00. The molecule has 30 heavy (non-hydrogen) atoms. The van der Waals surface area contributed by atoms with Crippen LogP contribution in [0.15, 0.2) is 0 Å². The minimum atomic E-state index is -0.461. The van der Waals surface area contributed by atoms with Gasteiger partial charge in [-0.05, 0) is 76.0 Å². The monoisotopic (exact) mass is 416 g/mol. The normalized spacial score (nSPS) is 52.9. The molecule has 0 aromatic rings. The Labute approximate surface area is 177 Å². The van der Waals surface area contributed by atoms with Gasteiger partial charge < -0.3 is 9.47 Å². The average molecular weight is 417 g/mol. The number of carbonyl (C=O) groups excluding carboxylic acids is 4. The quantitative estimate of drug-likeness (QED) is 0.444. The molecule has 6 nitrogen and oxygen atoms in total. The molecular formula is C24H32O6. The molecule has 2 heterocycles. The number of fused-ring (bicyclic) bond motifs is 2. The van der Waals surface area contributed by atoms with Crippen molar-refractivity contribution in [3.05, 3.63) is 0 Å². The van der Waals surface area contributed by atoms with Crippen LogP contribution in [0.2, 0.25) is 0 Å². The van der Waals surface area contributed by atoms with Crippen molar-refractivity contribution in [2.24, 2.45) is 33.5 Å². The summed E-state index contributed by atoms with van der Waals surface area (Å²) in [5.74, 6) is -1.17. The number of hydrogen-bond donors (Lipinski definition) is 0. The zero-order chi connectivity index (χ0) is 21.7. The average Bonchev–Trinajstić information content (AvgIpc) is 3.15. The van der Waals surface area contributed by atoms with Gasteiger partial charge in [-0.2, -0.15) is 0 Å². The van der Waals surface area contributed by atoms with Gasteiger partial charge in [0.05, 0.1) is 10.8 Å². The molecule has 0 radical (unpaired) electrons. The van der Waals surface area contributed by atoms with Crippen molar-refractivity contribution in [3.63, 3.8) is 0 Å². The van der Waals surface area contributed by atoms with Crippen molar-refractivity contribution in [3.8, 4) is 0 Å². The van der Waals surface area contributed by atoms with Gasteiger partial charge in [0.1, 0.15) is 24.0 Å². The molecule has 0 spiro atoms. The standard InChI is InChI=1S/2C12H16O3/c2*1-11-5-3-7-9(13)12(11,2)8(4-6-11)15-10(7)14/h2*7-8H,3-6H2,1-2H3/t2*7-,8+,11-,12-/m11/s1. The summed E-state index contributed by atoms with van der Waals surface area (Å²) in [4.78, 5) is 47.8. The van der Waals surface area contributed by atoms with E-state index in [1.807, 2.05) is 13.8 Å². The molecule has 8 atom stereocenters. The summed E-state index contributed by atoms with van der Waals surface area (Å²) in [6.45, 7) is 8.37. The Morgan fingerprint density at radius 1 is 0.600 bits per heavy atom. The van der Waals surface area contributed by atoms with Crippen molar-refractivity contribution >= 4 is 23.5 Å². The van der Waals surface area contributed by atoms with Gasteiger partial charge in [-0.15, -0.1) is 0 Å². The molecular weight excluding hydrogens is 384 g/mol. The van der Waals surface area contributed by atoms with Gasteiger partial charge in [-0.25, -0.2) is 0 Å². The minimum Gasteiger partial charge on any atom is -0.461 e. The second kappa shape index (κ2) is 5.95. The van der Waals surface area contributed by atoms with Crippen LogP contribution in [-0.2, 0) is 28.7 Å². The predicted octanol–water partition coefficient (Wildman–Crippen LogP) is 3.39. The third-order valence-electron chi connectivity index (χ3n) is 10.4. The first-order chi connectivity index (χ1) is 14.0. The number of esters is 2. The Morgan fingerprint density at radius 2 is 0.933 bits per heavy atom. The van der Waals surface area contributed by atoms with Crippen molar-refractivity contribution in [1.29, 1.82) is 0 Å². The fourth-order valence-corrected chi connectivity index (χ4v) is 7.61. The highest BCUT2D eigenvalue weighted by molar-refractivity contribution is 6.06. The second-order valence-corrected chi connectivity index (χ2v) is 11.4. The highest BCUT2D eigenvalue weighted by Crippen LogP contribution is 2.64. The van der Waals surface area contributed by atoms with Gasteiger partial charge in [0.15, 0.2) is 11.6 Å². The third kappa shape index (κ3) is 2.16. The number of ether oxygens (including phenoxy) is 2. The van der Waals surface area contributed by atoms with E-state index in [4.69, 9.17) is 9.47 Å². The lowest BCUT2D eigenvalue weighted by Crippen LogP contribution is -2.59. The van der Waals surface area contributed by atoms with Crippen molar-refractivity contribution in [2.45, 2.75) is 91.3 Å². The molecule has 6 heteroatoms. The summed E-state index contributed by atoms with van der Waals surface area (Å²) in [6.07, 6.45) is 6.80. The minimum absolute atomic E-state index is 0.0615. The van der Waals surface area contributed by atoms with E-state index in [2.05, 4.69) is 13.8 Å². The van der Waals surface area contributed by atoms with Crippen LogP contribution in [0.5, 0.6) is 0 Å². The molecule has 4 bridgehead atoms. The van der Waals surface area contributed by atoms with Crippen molar-refractivity contribution in [1.82, 2.24) is 0 Å². The van der Waals surface area contributed by atoms with E-state index in [-0.39, 0.29) is 46.5 Å². The molecule has 0 N–H and O–H groups in total. The molecule has 6 fully saturated rings. The first kappa shape index (κ1) is 20.2. The lowest BCUT2D eigenvalue weighted by Gasteiger charge is -2.50. The smallest absolute Gasteiger partial charge is 0.316 e. The molecule has 4 saturated carbocycles. The van der Waals surface area contributed by atoms with Crippen LogP contribution >= 0.6 is 0 Å². The van der Waals surface area contributed by atoms with Crippen LogP contribution in [0.1, 0.15) is 79.1 Å². The van der Waals surface area contributed by atoms with Crippen LogP contribution in [-0.4, -0.2) is 35.7 Å². The van der Waals surface area contributed by atoms with Crippen molar-refractivity contribution in [2.75, 3.05) is 0 Å². The number of rotatable bonds is 0. The zero-order valence-electron chi connectivity index (χ0n) is 18.4. The number of ketones is 2. The van der Waals surface area contributed by atoms with E-state index in [0.29, 0.717) is 12.8 Å². The zero-order valence-corrected chi connectivity index (χ0v) is 18.4. The SMILES string of the molecule is C[C@@]12CC[C@H]3C(=O)O[C@@H](CC1)[C@]2(C)C3=O.C[C@@]12CC[C@H]3C(=O)O[C@@H](CC1)[C@]2(C)C3=O. The Balaban J connectivity index is 0.000000128. The highest BCUT2D eigenvalue weighted by atomic mass is 16.6. The van der Waals surface area contributed by atoms with Crippen LogP contribution in [0.3, 0.4) is 0 Å². The first-order valence-electron chi connectivity index (χ1n) is 11.5. The number of hydrogen-bond acceptors (Lipinski definition) is 6. The molecule has 0 aromatic carbocycles. The fraction of sp³-hybridized carbons (Fsp3) is 0.833. The van der Waals surface area contributed by atoms with Gasteiger partial charge in [-0.3, -0.25) is 19.2 Å². The Morgan fingerprint density at radius 3 is 1.30 bits per heavy atom. The summed E-state index contributed by atoms with van der Waals surface area (Å²) < 4.78 is 10.8. The van der Waals surface area contributed by atoms with Gasteiger partial charge in [0.25, 0.3) is 0 Å². The summed E-state index contributed by atoms with van der Waals surface area (Å²) in [6, 6.07) is 0. The molecule has 164 valence electrons. The van der Waals surface area contributed by atoms with Crippen molar-refractivity contribution < 1.29 is 28.7 Å². The topological polar surface area (TPSA) is 86.7 Å². The maximum absolute atomic E-state index is 12.3. The lowest BCUT2D eigenvalue weighted by atomic mass is 9.55. The summed E-state index contributed by atoms with van der Waals surface area (Å²) >= 11 is 0. The van der Waals surface area contributed by atoms with Crippen LogP contribution in [0.4, 0.5) is 0 Å². The van der Waals surface area contributed by atoms with Gasteiger partial charge >= 0.3 is 11.9 Å². The summed E-state index contributed by atoms with van der Waals surface area (Å²) in [5.41, 5.74) is -0.675. The van der Waals surface area contributed by atoms with E-state index < -0.39 is 22.7 Å². The second-order valence-electron chi connectivity index (χ2n) is 11.4. The largest absolute Gasteiger partial charge is 0.461 e. The van der Waals surface area contributed by atoms with Gasteiger partial charge in [-0.1, -0.05) is 13.8 Å². The van der Waals surface area contributed by atoms with Crippen LogP contribution < -0.4 is 0 Å². The lowest BCUT2D eigenvalue weighted by molar-refractivity contribution is -0.190. The highest BCUT2D eigenvalue weighted by Gasteiger charge is 2.68. The van der Waals surface area contributed by atoms with Crippen LogP contribution in [0.25, 0.3) is 0 Å². The van der Waals surface area contributed by atoms with E-state index in [1.54, 1.807) is 0 Å². The third-order valence-corrected chi connectivity index (χ3v) is 10.4. The molecule has 6 aliphatic rings. The van der Waals surface area contributed by atoms with E-state index in [0.717, 1.165) is 38.5 Å². The predicted molar refractivity (Wildman–Crippen MR) is 106 cm³/mol. The maximum atomic E-state index is 12.3. The maximum Gasteiger partial charge on any atom is 0.316 e. The van der Waals surface area contributed by atoms with E-state index in [1.165, 1.54) is 0 Å². The fourth-order valence-electron chi connectivity index (χ4n) is 7.61. The van der Waals surface area contributed by atoms with E-state index in [9.17, 15) is 19.2 Å². The molecule has 0 unspecified atom stereocenters. The Hall–Kier alpha value is -1.72. The molecule has 0 amide bonds. The molecule has 6 rings (SSSR count). The molecule has 0 aromatic heterocycles. The summed E-state index contributed by atoms with van der Waals surface area (Å²) in [7, 11) is 0. The number of Topliss-reactive ketones (excluding diaryl/α,β-unsaturated/α-hetero) is 2. The van der Waals surface area contributed by atoms with Crippen LogP contribution in [0, 0.1) is 33.5 Å². The molecule has 2 saturated heterocycles.